The fraction of sp³-hybridized carbons (Fsp3) is 0.440. The number of hydrogen-bond acceptors (Lipinski definition) is 5. The molecular weight excluding hydrogens is 404 g/mol. The van der Waals surface area contributed by atoms with E-state index >= 15 is 0 Å². The number of piperidine rings is 2. The Morgan fingerprint density at radius 2 is 2.03 bits per heavy atom. The number of benzene rings is 1. The number of thiazole rings is 1. The number of aromatic nitrogens is 1. The van der Waals surface area contributed by atoms with Gasteiger partial charge in [-0.3, -0.25) is 9.69 Å². The minimum absolute atomic E-state index is 0.0499. The number of nitrogens with one attached hydrogen (secondary N) is 1. The lowest BCUT2D eigenvalue weighted by Crippen LogP contribution is -2.47. The second kappa shape index (κ2) is 8.24. The second-order valence-corrected chi connectivity index (χ2v) is 10.4. The number of likely N-dealkylation sites (tertiary alicyclic amines) is 1. The zero-order valence-corrected chi connectivity index (χ0v) is 19.0. The van der Waals surface area contributed by atoms with Crippen LogP contribution in [0.2, 0.25) is 0 Å². The molecule has 1 unspecified atom stereocenters. The van der Waals surface area contributed by atoms with E-state index in [1.807, 2.05) is 6.20 Å². The van der Waals surface area contributed by atoms with Crippen molar-refractivity contribution in [3.8, 4) is 0 Å². The average molecular weight is 435 g/mol. The van der Waals surface area contributed by atoms with Crippen LogP contribution in [0, 0.1) is 6.92 Å². The highest BCUT2D eigenvalue weighted by Gasteiger charge is 2.35. The third-order valence-corrected chi connectivity index (χ3v) is 7.83. The van der Waals surface area contributed by atoms with Gasteiger partial charge in [0.1, 0.15) is 6.04 Å². The van der Waals surface area contributed by atoms with Crippen LogP contribution < -0.4 is 5.32 Å². The van der Waals surface area contributed by atoms with Crippen LogP contribution in [0.3, 0.4) is 0 Å². The first kappa shape index (κ1) is 20.5. The number of hydrogen-bond donors (Lipinski definition) is 1. The largest absolute Gasteiger partial charge is 0.355 e. The molecule has 2 aromatic rings. The summed E-state index contributed by atoms with van der Waals surface area (Å²) in [5.41, 5.74) is 5.73. The molecule has 0 radical (unpaired) electrons. The molecule has 6 heteroatoms. The maximum atomic E-state index is 12.5. The van der Waals surface area contributed by atoms with Gasteiger partial charge < -0.3 is 10.2 Å². The van der Waals surface area contributed by atoms with Crippen molar-refractivity contribution in [2.24, 2.45) is 0 Å². The summed E-state index contributed by atoms with van der Waals surface area (Å²) in [6.07, 6.45) is 6.04. The summed E-state index contributed by atoms with van der Waals surface area (Å²) in [5.74, 6) is 0.655. The van der Waals surface area contributed by atoms with E-state index < -0.39 is 0 Å². The maximum absolute atomic E-state index is 12.5. The molecule has 0 spiro atoms. The van der Waals surface area contributed by atoms with E-state index in [9.17, 15) is 4.79 Å². The summed E-state index contributed by atoms with van der Waals surface area (Å²) in [5, 5.41) is 4.06. The Hall–Kier alpha value is -2.44. The fourth-order valence-electron chi connectivity index (χ4n) is 5.19. The zero-order valence-electron chi connectivity index (χ0n) is 18.2. The number of aryl methyl sites for hydroxylation is 1. The van der Waals surface area contributed by atoms with Gasteiger partial charge in [-0.2, -0.15) is 0 Å². The van der Waals surface area contributed by atoms with E-state index in [0.29, 0.717) is 5.92 Å². The second-order valence-electron chi connectivity index (χ2n) is 9.03. The number of nitrogens with zero attached hydrogens (tertiary/aromatic N) is 3. The van der Waals surface area contributed by atoms with Gasteiger partial charge in [0.05, 0.1) is 5.01 Å². The van der Waals surface area contributed by atoms with Crippen LogP contribution in [0.15, 0.2) is 43.3 Å². The molecule has 0 bridgehead atoms. The molecule has 2 saturated heterocycles. The third-order valence-electron chi connectivity index (χ3n) is 6.93. The Kier molecular flexibility index (Phi) is 5.44. The topological polar surface area (TPSA) is 48.5 Å². The third kappa shape index (κ3) is 4.06. The van der Waals surface area contributed by atoms with Crippen LogP contribution in [0.4, 0.5) is 0 Å². The first-order valence-corrected chi connectivity index (χ1v) is 12.0. The number of carbonyl (C=O) groups is 1. The predicted octanol–water partition coefficient (Wildman–Crippen LogP) is 4.41. The molecule has 162 valence electrons. The SMILES string of the molecule is C=C1CCC(N2Cc3cc(C4CCN(Cc5cnc(C)s5)CC4)ccc3C2=C)C(=O)N1. The normalized spacial score (nSPS) is 22.7. The summed E-state index contributed by atoms with van der Waals surface area (Å²) < 4.78 is 0. The van der Waals surface area contributed by atoms with Crippen molar-refractivity contribution >= 4 is 22.9 Å². The molecule has 5 rings (SSSR count). The van der Waals surface area contributed by atoms with Gasteiger partial charge in [-0.25, -0.2) is 4.98 Å². The van der Waals surface area contributed by atoms with Crippen molar-refractivity contribution in [1.82, 2.24) is 20.1 Å². The molecule has 31 heavy (non-hydrogen) atoms. The molecular formula is C25H30N4OS. The molecule has 1 N–H and O–H groups in total. The van der Waals surface area contributed by atoms with Gasteiger partial charge in [-0.1, -0.05) is 31.4 Å². The average Bonchev–Trinajstić information content (AvgIpc) is 3.31. The van der Waals surface area contributed by atoms with E-state index in [1.54, 1.807) is 11.3 Å². The van der Waals surface area contributed by atoms with Crippen LogP contribution in [0.1, 0.15) is 58.2 Å². The van der Waals surface area contributed by atoms with Crippen LogP contribution in [0.5, 0.6) is 0 Å². The number of rotatable bonds is 4. The molecule has 1 aromatic carbocycles. The van der Waals surface area contributed by atoms with E-state index in [1.165, 1.54) is 34.4 Å². The van der Waals surface area contributed by atoms with Crippen LogP contribution in [0.25, 0.3) is 5.70 Å². The van der Waals surface area contributed by atoms with Crippen molar-refractivity contribution < 1.29 is 4.79 Å². The number of fused-ring (bicyclic) bond motifs is 1. The van der Waals surface area contributed by atoms with E-state index in [4.69, 9.17) is 0 Å². The Bertz CT molecular complexity index is 1030. The Balaban J connectivity index is 1.23. The monoisotopic (exact) mass is 434 g/mol. The van der Waals surface area contributed by atoms with Crippen molar-refractivity contribution in [2.75, 3.05) is 13.1 Å². The Morgan fingerprint density at radius 1 is 1.23 bits per heavy atom. The molecule has 0 aliphatic carbocycles. The Labute approximate surface area is 188 Å². The van der Waals surface area contributed by atoms with Gasteiger partial charge >= 0.3 is 0 Å². The molecule has 2 fully saturated rings. The molecule has 0 saturated carbocycles. The van der Waals surface area contributed by atoms with Gasteiger partial charge in [0.2, 0.25) is 5.91 Å². The van der Waals surface area contributed by atoms with Crippen LogP contribution in [-0.4, -0.2) is 39.8 Å². The van der Waals surface area contributed by atoms with Crippen molar-refractivity contribution in [2.45, 2.75) is 57.7 Å². The predicted molar refractivity (Wildman–Crippen MR) is 125 cm³/mol. The molecule has 1 aromatic heterocycles. The summed E-state index contributed by atoms with van der Waals surface area (Å²) in [4.78, 5) is 23.0. The number of carbonyl (C=O) groups excluding carboxylic acids is 1. The van der Waals surface area contributed by atoms with Gasteiger partial charge in [0, 0.05) is 41.1 Å². The van der Waals surface area contributed by atoms with Gasteiger partial charge in [-0.15, -0.1) is 11.3 Å². The van der Waals surface area contributed by atoms with Crippen molar-refractivity contribution in [3.05, 3.63) is 69.8 Å². The summed E-state index contributed by atoms with van der Waals surface area (Å²) in [6, 6.07) is 6.72. The van der Waals surface area contributed by atoms with Crippen LogP contribution >= 0.6 is 11.3 Å². The number of allylic oxidation sites excluding steroid dienone is 1. The van der Waals surface area contributed by atoms with E-state index in [-0.39, 0.29) is 11.9 Å². The molecule has 4 heterocycles. The fourth-order valence-corrected chi connectivity index (χ4v) is 6.03. The van der Waals surface area contributed by atoms with Gasteiger partial charge in [0.15, 0.2) is 0 Å². The zero-order chi connectivity index (χ0) is 21.5. The molecule has 3 aliphatic rings. The first-order chi connectivity index (χ1) is 15.0. The summed E-state index contributed by atoms with van der Waals surface area (Å²) in [7, 11) is 0. The molecule has 1 atom stereocenters. The van der Waals surface area contributed by atoms with E-state index in [2.05, 4.69) is 58.4 Å². The van der Waals surface area contributed by atoms with Crippen LogP contribution in [-0.2, 0) is 17.9 Å². The summed E-state index contributed by atoms with van der Waals surface area (Å²) in [6.45, 7) is 14.3. The smallest absolute Gasteiger partial charge is 0.246 e. The summed E-state index contributed by atoms with van der Waals surface area (Å²) >= 11 is 1.81. The van der Waals surface area contributed by atoms with Gasteiger partial charge in [-0.05, 0) is 62.7 Å². The van der Waals surface area contributed by atoms with Crippen molar-refractivity contribution in [1.29, 1.82) is 0 Å². The molecule has 1 amide bonds. The lowest BCUT2D eigenvalue weighted by atomic mass is 9.88. The Morgan fingerprint density at radius 3 is 2.74 bits per heavy atom. The number of amides is 1. The first-order valence-electron chi connectivity index (χ1n) is 11.2. The molecule has 3 aliphatic heterocycles. The van der Waals surface area contributed by atoms with E-state index in [0.717, 1.165) is 55.4 Å². The highest BCUT2D eigenvalue weighted by molar-refractivity contribution is 7.11. The highest BCUT2D eigenvalue weighted by atomic mass is 32.1. The highest BCUT2D eigenvalue weighted by Crippen LogP contribution is 2.38. The van der Waals surface area contributed by atoms with Gasteiger partial charge in [0.25, 0.3) is 0 Å². The minimum Gasteiger partial charge on any atom is -0.355 e. The minimum atomic E-state index is -0.146. The quantitative estimate of drug-likeness (QED) is 0.774. The maximum Gasteiger partial charge on any atom is 0.246 e. The standard InChI is InChI=1S/C25H30N4OS/c1-16-4-7-24(25(30)27-16)29-14-21-12-20(5-6-23(21)17(29)2)19-8-10-28(11-9-19)15-22-13-26-18(3)31-22/h5-6,12-13,19,24H,1-2,4,7-11,14-15H2,3H3,(H,27,30). The molecule has 5 nitrogen and oxygen atoms in total. The lowest BCUT2D eigenvalue weighted by molar-refractivity contribution is -0.125. The van der Waals surface area contributed by atoms with Crippen molar-refractivity contribution in [3.63, 3.8) is 0 Å². The lowest BCUT2D eigenvalue weighted by Gasteiger charge is -2.33.